The predicted molar refractivity (Wildman–Crippen MR) is 119 cm³/mol. The van der Waals surface area contributed by atoms with Gasteiger partial charge >= 0.3 is 0 Å². The maximum atomic E-state index is 10.5. The van der Waals surface area contributed by atoms with E-state index in [1.807, 2.05) is 65.6 Å². The summed E-state index contributed by atoms with van der Waals surface area (Å²) in [5.74, 6) is 0. The van der Waals surface area contributed by atoms with E-state index >= 15 is 0 Å². The highest BCUT2D eigenvalue weighted by Crippen LogP contribution is 2.40. The van der Waals surface area contributed by atoms with E-state index in [0.717, 1.165) is 22.3 Å². The third-order valence-electron chi connectivity index (χ3n) is 4.70. The minimum absolute atomic E-state index is 0.198. The van der Waals surface area contributed by atoms with Gasteiger partial charge in [-0.1, -0.05) is 114 Å². The number of aliphatic hydroxyl groups is 1. The maximum Gasteiger partial charge on any atom is 0.143 e. The van der Waals surface area contributed by atoms with Gasteiger partial charge < -0.3 is 9.84 Å². The third kappa shape index (κ3) is 4.32. The molecule has 0 aromatic heterocycles. The fourth-order valence-corrected chi connectivity index (χ4v) is 3.59. The summed E-state index contributed by atoms with van der Waals surface area (Å²) >= 11 is 2.15. The lowest BCUT2D eigenvalue weighted by Crippen LogP contribution is -2.36. The van der Waals surface area contributed by atoms with Gasteiger partial charge in [-0.2, -0.15) is 0 Å². The molecule has 3 heteroatoms. The number of benzene rings is 3. The van der Waals surface area contributed by atoms with Crippen molar-refractivity contribution in [3.8, 4) is 0 Å². The van der Waals surface area contributed by atoms with Crippen LogP contribution in [0.5, 0.6) is 0 Å². The molecule has 138 valence electrons. The van der Waals surface area contributed by atoms with E-state index in [4.69, 9.17) is 4.74 Å². The molecular weight excluding hydrogens is 447 g/mol. The molecule has 0 aliphatic heterocycles. The Labute approximate surface area is 174 Å². The molecule has 0 unspecified atom stereocenters. The Morgan fingerprint density at radius 2 is 1.22 bits per heavy atom. The van der Waals surface area contributed by atoms with Gasteiger partial charge in [0, 0.05) is 0 Å². The summed E-state index contributed by atoms with van der Waals surface area (Å²) in [6, 6.07) is 30.6. The van der Waals surface area contributed by atoms with Crippen molar-refractivity contribution in [1.82, 2.24) is 0 Å². The van der Waals surface area contributed by atoms with Crippen molar-refractivity contribution in [2.24, 2.45) is 0 Å². The molecule has 0 bridgehead atoms. The predicted octanol–water partition coefficient (Wildman–Crippen LogP) is 5.69. The minimum atomic E-state index is -0.795. The van der Waals surface area contributed by atoms with Gasteiger partial charge in [-0.25, -0.2) is 0 Å². The summed E-state index contributed by atoms with van der Waals surface area (Å²) in [5, 5.41) is 10.5. The maximum absolute atomic E-state index is 10.5. The summed E-state index contributed by atoms with van der Waals surface area (Å²) in [4.78, 5) is 0. The number of aliphatic hydroxyl groups excluding tert-OH is 1. The van der Waals surface area contributed by atoms with Crippen molar-refractivity contribution >= 4 is 22.6 Å². The summed E-state index contributed by atoms with van der Waals surface area (Å²) in [6.07, 6.45) is -0.655. The lowest BCUT2D eigenvalue weighted by Gasteiger charge is -2.36. The molecule has 0 aliphatic rings. The number of hydrogen-bond acceptors (Lipinski definition) is 2. The third-order valence-corrected chi connectivity index (χ3v) is 5.68. The van der Waals surface area contributed by atoms with E-state index in [1.54, 1.807) is 0 Å². The van der Waals surface area contributed by atoms with Gasteiger partial charge in [-0.3, -0.25) is 0 Å². The Morgan fingerprint density at radius 1 is 0.852 bits per heavy atom. The molecule has 0 fully saturated rings. The highest BCUT2D eigenvalue weighted by Gasteiger charge is 2.38. The Balaban J connectivity index is 2.17. The Kier molecular flexibility index (Phi) is 6.83. The molecule has 3 aromatic rings. The van der Waals surface area contributed by atoms with Crippen LogP contribution in [-0.4, -0.2) is 17.8 Å². The van der Waals surface area contributed by atoms with Crippen molar-refractivity contribution < 1.29 is 9.84 Å². The lowest BCUT2D eigenvalue weighted by molar-refractivity contribution is -0.0276. The molecule has 3 aromatic carbocycles. The molecule has 0 amide bonds. The molecule has 27 heavy (non-hydrogen) atoms. The number of halogens is 1. The van der Waals surface area contributed by atoms with Crippen molar-refractivity contribution in [3.05, 3.63) is 117 Å². The molecule has 0 radical (unpaired) electrons. The summed E-state index contributed by atoms with van der Waals surface area (Å²) in [6.45, 7) is 2.11. The Hall–Kier alpha value is -1.95. The molecular formula is C24H23IO2. The van der Waals surface area contributed by atoms with Gasteiger partial charge in [0.25, 0.3) is 0 Å². The molecule has 0 spiro atoms. The highest BCUT2D eigenvalue weighted by molar-refractivity contribution is 14.1. The first-order chi connectivity index (χ1) is 13.2. The zero-order valence-corrected chi connectivity index (χ0v) is 17.4. The standard InChI is InChI=1S/C24H23IO2/c1-19(17-25)23(26)18-27-24(20-11-5-2-6-12-20,21-13-7-3-8-14-21)22-15-9-4-10-16-22/h2-17,23,26H,18H2,1H3/b19-17+/t23-/m0/s1. The topological polar surface area (TPSA) is 29.5 Å². The van der Waals surface area contributed by atoms with Crippen LogP contribution in [0.1, 0.15) is 23.6 Å². The van der Waals surface area contributed by atoms with E-state index < -0.39 is 11.7 Å². The van der Waals surface area contributed by atoms with E-state index in [9.17, 15) is 5.11 Å². The minimum Gasteiger partial charge on any atom is -0.386 e. The molecule has 0 saturated carbocycles. The average molecular weight is 470 g/mol. The number of rotatable bonds is 7. The fraction of sp³-hybridized carbons (Fsp3) is 0.167. The second kappa shape index (κ2) is 9.31. The van der Waals surface area contributed by atoms with Crippen molar-refractivity contribution in [3.63, 3.8) is 0 Å². The molecule has 0 saturated heterocycles. The SMILES string of the molecule is C/C(=C\I)[C@@H](O)COC(c1ccccc1)(c1ccccc1)c1ccccc1. The normalized spacial score (nSPS) is 13.4. The first kappa shape index (κ1) is 19.8. The Bertz CT molecular complexity index is 764. The average Bonchev–Trinajstić information content (AvgIpc) is 2.75. The smallest absolute Gasteiger partial charge is 0.143 e. The molecule has 1 atom stereocenters. The van der Waals surface area contributed by atoms with Crippen LogP contribution in [0, 0.1) is 0 Å². The largest absolute Gasteiger partial charge is 0.386 e. The van der Waals surface area contributed by atoms with Gasteiger partial charge in [0.2, 0.25) is 0 Å². The fourth-order valence-electron chi connectivity index (χ4n) is 3.18. The van der Waals surface area contributed by atoms with Crippen molar-refractivity contribution in [2.45, 2.75) is 18.6 Å². The number of ether oxygens (including phenoxy) is 1. The van der Waals surface area contributed by atoms with Crippen LogP contribution in [0.3, 0.4) is 0 Å². The van der Waals surface area contributed by atoms with E-state index in [2.05, 4.69) is 59.0 Å². The van der Waals surface area contributed by atoms with E-state index in [1.165, 1.54) is 0 Å². The first-order valence-electron chi connectivity index (χ1n) is 8.94. The van der Waals surface area contributed by atoms with Crippen molar-refractivity contribution in [1.29, 1.82) is 0 Å². The monoisotopic (exact) mass is 470 g/mol. The summed E-state index contributed by atoms with van der Waals surface area (Å²) in [5.41, 5.74) is 3.19. The van der Waals surface area contributed by atoms with Crippen LogP contribution >= 0.6 is 22.6 Å². The quantitative estimate of drug-likeness (QED) is 0.355. The summed E-state index contributed by atoms with van der Waals surface area (Å²) < 4.78 is 8.47. The number of hydrogen-bond donors (Lipinski definition) is 1. The lowest BCUT2D eigenvalue weighted by atomic mass is 9.80. The zero-order chi connectivity index (χ0) is 19.1. The molecule has 1 N–H and O–H groups in total. The van der Waals surface area contributed by atoms with Crippen LogP contribution < -0.4 is 0 Å². The van der Waals surface area contributed by atoms with E-state index in [-0.39, 0.29) is 6.61 Å². The highest BCUT2D eigenvalue weighted by atomic mass is 127. The van der Waals surface area contributed by atoms with Crippen LogP contribution in [0.4, 0.5) is 0 Å². The summed E-state index contributed by atoms with van der Waals surface area (Å²) in [7, 11) is 0. The van der Waals surface area contributed by atoms with Crippen LogP contribution in [-0.2, 0) is 10.3 Å². The second-order valence-electron chi connectivity index (χ2n) is 6.46. The van der Waals surface area contributed by atoms with Crippen molar-refractivity contribution in [2.75, 3.05) is 6.61 Å². The van der Waals surface area contributed by atoms with Gasteiger partial charge in [0.15, 0.2) is 0 Å². The van der Waals surface area contributed by atoms with Gasteiger partial charge in [-0.05, 0) is 33.3 Å². The van der Waals surface area contributed by atoms with Gasteiger partial charge in [-0.15, -0.1) is 0 Å². The molecule has 2 nitrogen and oxygen atoms in total. The molecule has 0 aliphatic carbocycles. The second-order valence-corrected chi connectivity index (χ2v) is 7.08. The zero-order valence-electron chi connectivity index (χ0n) is 15.3. The van der Waals surface area contributed by atoms with Gasteiger partial charge in [0.05, 0.1) is 12.7 Å². The Morgan fingerprint density at radius 3 is 1.56 bits per heavy atom. The van der Waals surface area contributed by atoms with Gasteiger partial charge in [0.1, 0.15) is 5.60 Å². The molecule has 3 rings (SSSR count). The first-order valence-corrected chi connectivity index (χ1v) is 10.2. The van der Waals surface area contributed by atoms with Crippen LogP contribution in [0.25, 0.3) is 0 Å². The van der Waals surface area contributed by atoms with Crippen LogP contribution in [0.15, 0.2) is 101 Å². The molecule has 0 heterocycles. The van der Waals surface area contributed by atoms with Crippen LogP contribution in [0.2, 0.25) is 0 Å². The van der Waals surface area contributed by atoms with E-state index in [0.29, 0.717) is 0 Å².